The van der Waals surface area contributed by atoms with Crippen LogP contribution in [0.15, 0.2) is 17.2 Å². The van der Waals surface area contributed by atoms with E-state index in [9.17, 15) is 9.59 Å². The number of pyridine rings is 1. The van der Waals surface area contributed by atoms with Gasteiger partial charge in [-0.15, -0.1) is 0 Å². The third kappa shape index (κ3) is 2.93. The molecule has 6 heteroatoms. The lowest BCUT2D eigenvalue weighted by Gasteiger charge is -2.03. The maximum Gasteiger partial charge on any atom is 0.323 e. The molecule has 0 amide bonds. The molecule has 0 aliphatic rings. The quantitative estimate of drug-likeness (QED) is 0.757. The zero-order valence-corrected chi connectivity index (χ0v) is 10.6. The van der Waals surface area contributed by atoms with E-state index in [1.807, 2.05) is 45.2 Å². The molecule has 1 aromatic heterocycles. The van der Waals surface area contributed by atoms with E-state index in [-0.39, 0.29) is 12.0 Å². The smallest absolute Gasteiger partial charge is 0.323 e. The van der Waals surface area contributed by atoms with E-state index in [4.69, 9.17) is 5.11 Å². The minimum absolute atomic E-state index is 0.0529. The number of rotatable bonds is 2. The first-order valence-electron chi connectivity index (χ1n) is 3.27. The summed E-state index contributed by atoms with van der Waals surface area (Å²) in [5.41, 5.74) is -0.0529. The van der Waals surface area contributed by atoms with E-state index < -0.39 is 5.97 Å². The molecular formula is C7H5I2NO3. The summed E-state index contributed by atoms with van der Waals surface area (Å²) in [6, 6.07) is 0. The highest BCUT2D eigenvalue weighted by molar-refractivity contribution is 14.1. The summed E-state index contributed by atoms with van der Waals surface area (Å²) >= 11 is 3.78. The van der Waals surface area contributed by atoms with E-state index in [1.54, 1.807) is 0 Å². The fourth-order valence-electron chi connectivity index (χ4n) is 0.807. The van der Waals surface area contributed by atoms with Crippen LogP contribution in [0.2, 0.25) is 0 Å². The molecule has 13 heavy (non-hydrogen) atoms. The molecule has 0 aromatic carbocycles. The maximum atomic E-state index is 11.2. The van der Waals surface area contributed by atoms with Crippen molar-refractivity contribution in [3.05, 3.63) is 29.8 Å². The summed E-state index contributed by atoms with van der Waals surface area (Å²) in [7, 11) is 0. The second-order valence-corrected chi connectivity index (χ2v) is 4.67. The predicted octanol–water partition coefficient (Wildman–Crippen LogP) is 1.14. The van der Waals surface area contributed by atoms with Gasteiger partial charge in [0.25, 0.3) is 0 Å². The monoisotopic (exact) mass is 401 g/mol. The Labute approximate surface area is 101 Å². The molecule has 0 atom stereocenters. The number of carboxylic acid groups (broad SMARTS) is 1. The Morgan fingerprint density at radius 3 is 2.23 bits per heavy atom. The Bertz CT molecular complexity index is 373. The second kappa shape index (κ2) is 4.40. The summed E-state index contributed by atoms with van der Waals surface area (Å²) in [5, 5.41) is 8.51. The molecule has 0 radical (unpaired) electrons. The van der Waals surface area contributed by atoms with Crippen molar-refractivity contribution in [1.29, 1.82) is 0 Å². The van der Waals surface area contributed by atoms with Crippen LogP contribution in [-0.4, -0.2) is 15.6 Å². The van der Waals surface area contributed by atoms with Crippen LogP contribution in [0.1, 0.15) is 0 Å². The number of nitrogens with zero attached hydrogens (tertiary/aromatic N) is 1. The Morgan fingerprint density at radius 1 is 1.38 bits per heavy atom. The molecule has 1 rings (SSSR count). The van der Waals surface area contributed by atoms with Crippen molar-refractivity contribution in [1.82, 2.24) is 4.57 Å². The number of carboxylic acids is 1. The average molecular weight is 401 g/mol. The van der Waals surface area contributed by atoms with Crippen LogP contribution in [0.4, 0.5) is 0 Å². The molecule has 0 bridgehead atoms. The molecule has 0 aliphatic carbocycles. The average Bonchev–Trinajstić information content (AvgIpc) is 1.98. The molecule has 0 spiro atoms. The minimum atomic E-state index is -0.921. The molecule has 4 nitrogen and oxygen atoms in total. The molecule has 0 unspecified atom stereocenters. The van der Waals surface area contributed by atoms with Crippen LogP contribution in [0.25, 0.3) is 0 Å². The number of hydrogen-bond donors (Lipinski definition) is 1. The van der Waals surface area contributed by atoms with Gasteiger partial charge < -0.3 is 9.67 Å². The summed E-state index contributed by atoms with van der Waals surface area (Å²) in [6.07, 6.45) is 3.05. The molecule has 0 aliphatic heterocycles. The van der Waals surface area contributed by atoms with Crippen molar-refractivity contribution in [2.24, 2.45) is 0 Å². The zero-order valence-electron chi connectivity index (χ0n) is 6.33. The Morgan fingerprint density at radius 2 is 1.85 bits per heavy atom. The van der Waals surface area contributed by atoms with Gasteiger partial charge in [0.1, 0.15) is 6.54 Å². The molecular weight excluding hydrogens is 396 g/mol. The second-order valence-electron chi connectivity index (χ2n) is 2.35. The summed E-state index contributed by atoms with van der Waals surface area (Å²) in [4.78, 5) is 21.6. The topological polar surface area (TPSA) is 59.3 Å². The molecule has 1 heterocycles. The fourth-order valence-corrected chi connectivity index (χ4v) is 2.62. The van der Waals surface area contributed by atoms with Gasteiger partial charge in [0.05, 0.1) is 7.14 Å². The van der Waals surface area contributed by atoms with Gasteiger partial charge in [0, 0.05) is 12.4 Å². The van der Waals surface area contributed by atoms with Crippen LogP contribution in [0.5, 0.6) is 0 Å². The Balaban J connectivity index is 3.13. The van der Waals surface area contributed by atoms with Crippen molar-refractivity contribution >= 4 is 51.2 Å². The summed E-state index contributed by atoms with van der Waals surface area (Å²) in [5.74, 6) is -0.921. The van der Waals surface area contributed by atoms with Gasteiger partial charge in [-0.25, -0.2) is 0 Å². The number of carbonyl (C=O) groups is 1. The van der Waals surface area contributed by atoms with E-state index in [2.05, 4.69) is 0 Å². The first-order valence-corrected chi connectivity index (χ1v) is 5.43. The molecule has 0 saturated carbocycles. The van der Waals surface area contributed by atoms with Crippen LogP contribution in [-0.2, 0) is 11.3 Å². The van der Waals surface area contributed by atoms with Gasteiger partial charge >= 0.3 is 5.97 Å². The van der Waals surface area contributed by atoms with Crippen LogP contribution in [0, 0.1) is 7.14 Å². The van der Waals surface area contributed by atoms with E-state index in [0.29, 0.717) is 7.14 Å². The normalized spacial score (nSPS) is 10.0. The standard InChI is InChI=1S/C7H5I2NO3/c8-4-1-10(3-6(11)12)2-5(9)7(4)13/h1-2H,3H2,(H,11,12)/i8-2,9-2. The molecule has 70 valence electrons. The van der Waals surface area contributed by atoms with Crippen LogP contribution < -0.4 is 5.43 Å². The SMILES string of the molecule is O=C(O)Cn1cc([125I])c(=O)c([125I])c1. The lowest BCUT2D eigenvalue weighted by molar-refractivity contribution is -0.137. The zero-order chi connectivity index (χ0) is 10.0. The van der Waals surface area contributed by atoms with Crippen molar-refractivity contribution in [2.45, 2.75) is 6.54 Å². The summed E-state index contributed by atoms with van der Waals surface area (Å²) in [6.45, 7) is -0.119. The predicted molar refractivity (Wildman–Crippen MR) is 63.8 cm³/mol. The van der Waals surface area contributed by atoms with Crippen molar-refractivity contribution in [3.63, 3.8) is 0 Å². The fraction of sp³-hybridized carbons (Fsp3) is 0.143. The van der Waals surface area contributed by atoms with Gasteiger partial charge in [-0.3, -0.25) is 9.59 Å². The van der Waals surface area contributed by atoms with Crippen molar-refractivity contribution in [3.8, 4) is 0 Å². The lowest BCUT2D eigenvalue weighted by atomic mass is 10.4. The Kier molecular flexibility index (Phi) is 3.71. The largest absolute Gasteiger partial charge is 0.480 e. The molecule has 1 N–H and O–H groups in total. The minimum Gasteiger partial charge on any atom is -0.480 e. The van der Waals surface area contributed by atoms with Gasteiger partial charge in [-0.05, 0) is 45.2 Å². The van der Waals surface area contributed by atoms with E-state index in [0.717, 1.165) is 0 Å². The van der Waals surface area contributed by atoms with E-state index in [1.165, 1.54) is 17.0 Å². The number of hydrogen-bond acceptors (Lipinski definition) is 2. The first-order chi connectivity index (χ1) is 6.00. The third-order valence-electron chi connectivity index (χ3n) is 1.31. The van der Waals surface area contributed by atoms with Gasteiger partial charge in [-0.2, -0.15) is 0 Å². The van der Waals surface area contributed by atoms with Gasteiger partial charge in [-0.1, -0.05) is 0 Å². The number of aliphatic carboxylic acids is 1. The lowest BCUT2D eigenvalue weighted by Crippen LogP contribution is -2.16. The Hall–Kier alpha value is -0.120. The number of aromatic nitrogens is 1. The van der Waals surface area contributed by atoms with Gasteiger partial charge in [0.15, 0.2) is 0 Å². The number of halogens is 2. The van der Waals surface area contributed by atoms with Crippen molar-refractivity contribution < 1.29 is 9.90 Å². The van der Waals surface area contributed by atoms with Crippen LogP contribution in [0.3, 0.4) is 0 Å². The molecule has 1 aromatic rings. The molecule has 0 fully saturated rings. The third-order valence-corrected chi connectivity index (χ3v) is 2.85. The highest BCUT2D eigenvalue weighted by Crippen LogP contribution is 2.03. The highest BCUT2D eigenvalue weighted by Gasteiger charge is 2.04. The summed E-state index contributed by atoms with van der Waals surface area (Å²) < 4.78 is 2.55. The van der Waals surface area contributed by atoms with E-state index >= 15 is 0 Å². The maximum absolute atomic E-state index is 11.2. The molecule has 0 saturated heterocycles. The highest BCUT2D eigenvalue weighted by atomic mass is 125. The van der Waals surface area contributed by atoms with Gasteiger partial charge in [0.2, 0.25) is 5.43 Å². The van der Waals surface area contributed by atoms with Crippen molar-refractivity contribution in [2.75, 3.05) is 0 Å². The van der Waals surface area contributed by atoms with Crippen LogP contribution >= 0.6 is 45.2 Å². The first kappa shape index (κ1) is 11.0.